The van der Waals surface area contributed by atoms with Crippen LogP contribution >= 0.6 is 0 Å². The molecule has 0 aliphatic carbocycles. The molecule has 0 spiro atoms. The van der Waals surface area contributed by atoms with Gasteiger partial charge < -0.3 is 4.57 Å². The molecule has 0 saturated carbocycles. The minimum absolute atomic E-state index is 0.269. The first-order valence-corrected chi connectivity index (χ1v) is 4.53. The van der Waals surface area contributed by atoms with Crippen molar-refractivity contribution in [2.75, 3.05) is 0 Å². The van der Waals surface area contributed by atoms with Gasteiger partial charge in [-0.25, -0.2) is 4.39 Å². The number of nitrogens with zero attached hydrogens (tertiary/aromatic N) is 2. The van der Waals surface area contributed by atoms with Gasteiger partial charge >= 0.3 is 0 Å². The van der Waals surface area contributed by atoms with Crippen LogP contribution in [0.25, 0.3) is 11.1 Å². The lowest BCUT2D eigenvalue weighted by atomic mass is 10.1. The van der Waals surface area contributed by atoms with Crippen LogP contribution in [0.4, 0.5) is 4.39 Å². The summed E-state index contributed by atoms with van der Waals surface area (Å²) in [7, 11) is 1.79. The SMILES string of the molecule is Cn1cc(-c2cccc(F)c2)cc1C#N. The summed E-state index contributed by atoms with van der Waals surface area (Å²) >= 11 is 0. The summed E-state index contributed by atoms with van der Waals surface area (Å²) in [4.78, 5) is 0. The molecule has 0 bridgehead atoms. The van der Waals surface area contributed by atoms with Crippen LogP contribution in [-0.2, 0) is 7.05 Å². The molecule has 0 amide bonds. The van der Waals surface area contributed by atoms with Crippen molar-refractivity contribution in [3.8, 4) is 17.2 Å². The highest BCUT2D eigenvalue weighted by atomic mass is 19.1. The zero-order valence-corrected chi connectivity index (χ0v) is 8.24. The molecule has 0 atom stereocenters. The van der Waals surface area contributed by atoms with Crippen LogP contribution < -0.4 is 0 Å². The smallest absolute Gasteiger partial charge is 0.123 e. The maximum atomic E-state index is 13.0. The third kappa shape index (κ3) is 1.75. The highest BCUT2D eigenvalue weighted by Gasteiger charge is 2.04. The zero-order valence-electron chi connectivity index (χ0n) is 8.24. The summed E-state index contributed by atoms with van der Waals surface area (Å²) in [5.41, 5.74) is 2.20. The Kier molecular flexibility index (Phi) is 2.26. The van der Waals surface area contributed by atoms with E-state index in [-0.39, 0.29) is 5.82 Å². The van der Waals surface area contributed by atoms with Gasteiger partial charge in [-0.2, -0.15) is 5.26 Å². The fraction of sp³-hybridized carbons (Fsp3) is 0.0833. The van der Waals surface area contributed by atoms with Gasteiger partial charge in [-0.15, -0.1) is 0 Å². The van der Waals surface area contributed by atoms with Crippen LogP contribution in [-0.4, -0.2) is 4.57 Å². The van der Waals surface area contributed by atoms with E-state index in [9.17, 15) is 4.39 Å². The van der Waals surface area contributed by atoms with Crippen molar-refractivity contribution in [1.82, 2.24) is 4.57 Å². The second kappa shape index (κ2) is 3.58. The predicted molar refractivity (Wildman–Crippen MR) is 55.5 cm³/mol. The van der Waals surface area contributed by atoms with Crippen LogP contribution in [0.15, 0.2) is 36.5 Å². The Bertz CT molecular complexity index is 535. The molecule has 0 fully saturated rings. The highest BCUT2D eigenvalue weighted by Crippen LogP contribution is 2.21. The van der Waals surface area contributed by atoms with E-state index in [1.807, 2.05) is 12.3 Å². The van der Waals surface area contributed by atoms with Crippen LogP contribution in [0, 0.1) is 17.1 Å². The average Bonchev–Trinajstić information content (AvgIpc) is 2.60. The monoisotopic (exact) mass is 200 g/mol. The lowest BCUT2D eigenvalue weighted by Crippen LogP contribution is -1.86. The maximum Gasteiger partial charge on any atom is 0.123 e. The third-order valence-electron chi connectivity index (χ3n) is 2.28. The van der Waals surface area contributed by atoms with E-state index in [0.717, 1.165) is 11.1 Å². The first-order chi connectivity index (χ1) is 7.20. The Morgan fingerprint density at radius 1 is 1.27 bits per heavy atom. The molecule has 1 aromatic carbocycles. The first-order valence-electron chi connectivity index (χ1n) is 4.53. The summed E-state index contributed by atoms with van der Waals surface area (Å²) < 4.78 is 14.7. The van der Waals surface area contributed by atoms with Crippen LogP contribution in [0.3, 0.4) is 0 Å². The Morgan fingerprint density at radius 3 is 2.67 bits per heavy atom. The number of halogens is 1. The van der Waals surface area contributed by atoms with Gasteiger partial charge in [-0.1, -0.05) is 12.1 Å². The first kappa shape index (κ1) is 9.47. The molecular formula is C12H9FN2. The zero-order chi connectivity index (χ0) is 10.8. The quantitative estimate of drug-likeness (QED) is 0.695. The van der Waals surface area contributed by atoms with Crippen molar-refractivity contribution in [3.05, 3.63) is 48.0 Å². The molecule has 0 unspecified atom stereocenters. The minimum atomic E-state index is -0.269. The van der Waals surface area contributed by atoms with E-state index in [4.69, 9.17) is 5.26 Å². The minimum Gasteiger partial charge on any atom is -0.342 e. The van der Waals surface area contributed by atoms with E-state index in [1.165, 1.54) is 12.1 Å². The van der Waals surface area contributed by atoms with Crippen molar-refractivity contribution >= 4 is 0 Å². The molecule has 1 heterocycles. The lowest BCUT2D eigenvalue weighted by Gasteiger charge is -1.96. The standard InChI is InChI=1S/C12H9FN2/c1-15-8-10(6-12(15)7-14)9-3-2-4-11(13)5-9/h2-6,8H,1H3. The van der Waals surface area contributed by atoms with E-state index < -0.39 is 0 Å². The number of aromatic nitrogens is 1. The summed E-state index contributed by atoms with van der Waals surface area (Å²) in [5.74, 6) is -0.269. The topological polar surface area (TPSA) is 28.7 Å². The van der Waals surface area contributed by atoms with Crippen molar-refractivity contribution in [1.29, 1.82) is 5.26 Å². The Labute approximate surface area is 87.2 Å². The molecule has 2 rings (SSSR count). The fourth-order valence-corrected chi connectivity index (χ4v) is 1.50. The molecule has 15 heavy (non-hydrogen) atoms. The molecule has 0 N–H and O–H groups in total. The van der Waals surface area contributed by atoms with Gasteiger partial charge in [0, 0.05) is 18.8 Å². The Balaban J connectivity index is 2.51. The summed E-state index contributed by atoms with van der Waals surface area (Å²) in [6, 6.07) is 10.1. The van der Waals surface area contributed by atoms with Crippen molar-refractivity contribution < 1.29 is 4.39 Å². The van der Waals surface area contributed by atoms with Gasteiger partial charge in [0.25, 0.3) is 0 Å². The van der Waals surface area contributed by atoms with Crippen LogP contribution in [0.2, 0.25) is 0 Å². The van der Waals surface area contributed by atoms with Crippen molar-refractivity contribution in [3.63, 3.8) is 0 Å². The van der Waals surface area contributed by atoms with Gasteiger partial charge in [-0.05, 0) is 23.8 Å². The van der Waals surface area contributed by atoms with Crippen molar-refractivity contribution in [2.24, 2.45) is 7.05 Å². The van der Waals surface area contributed by atoms with E-state index in [2.05, 4.69) is 6.07 Å². The molecule has 0 aliphatic heterocycles. The number of aryl methyl sites for hydroxylation is 1. The predicted octanol–water partition coefficient (Wildman–Crippen LogP) is 2.70. The Hall–Kier alpha value is -2.08. The molecule has 2 nitrogen and oxygen atoms in total. The molecule has 0 saturated heterocycles. The van der Waals surface area contributed by atoms with E-state index in [0.29, 0.717) is 5.69 Å². The molecular weight excluding hydrogens is 191 g/mol. The highest BCUT2D eigenvalue weighted by molar-refractivity contribution is 5.64. The van der Waals surface area contributed by atoms with Crippen LogP contribution in [0.1, 0.15) is 5.69 Å². The van der Waals surface area contributed by atoms with E-state index in [1.54, 1.807) is 23.7 Å². The average molecular weight is 200 g/mol. The summed E-state index contributed by atoms with van der Waals surface area (Å²) in [6.45, 7) is 0. The van der Waals surface area contributed by atoms with Crippen LogP contribution in [0.5, 0.6) is 0 Å². The number of hydrogen-bond acceptors (Lipinski definition) is 1. The second-order valence-electron chi connectivity index (χ2n) is 3.35. The summed E-state index contributed by atoms with van der Waals surface area (Å²) in [6.07, 6.45) is 1.81. The molecule has 74 valence electrons. The molecule has 3 heteroatoms. The van der Waals surface area contributed by atoms with Gasteiger partial charge in [-0.3, -0.25) is 0 Å². The van der Waals surface area contributed by atoms with Gasteiger partial charge in [0.15, 0.2) is 0 Å². The number of hydrogen-bond donors (Lipinski definition) is 0. The second-order valence-corrected chi connectivity index (χ2v) is 3.35. The van der Waals surface area contributed by atoms with Crippen molar-refractivity contribution in [2.45, 2.75) is 0 Å². The van der Waals surface area contributed by atoms with Gasteiger partial charge in [0.1, 0.15) is 17.6 Å². The maximum absolute atomic E-state index is 13.0. The molecule has 1 aromatic heterocycles. The molecule has 2 aromatic rings. The lowest BCUT2D eigenvalue weighted by molar-refractivity contribution is 0.628. The largest absolute Gasteiger partial charge is 0.342 e. The fourth-order valence-electron chi connectivity index (χ4n) is 1.50. The number of nitriles is 1. The molecule has 0 radical (unpaired) electrons. The third-order valence-corrected chi connectivity index (χ3v) is 2.28. The van der Waals surface area contributed by atoms with Gasteiger partial charge in [0.2, 0.25) is 0 Å². The number of rotatable bonds is 1. The number of benzene rings is 1. The normalized spacial score (nSPS) is 9.93. The molecule has 0 aliphatic rings. The summed E-state index contributed by atoms with van der Waals surface area (Å²) in [5, 5.41) is 8.79. The van der Waals surface area contributed by atoms with Gasteiger partial charge in [0.05, 0.1) is 0 Å². The Morgan fingerprint density at radius 2 is 2.07 bits per heavy atom. The van der Waals surface area contributed by atoms with E-state index >= 15 is 0 Å².